The summed E-state index contributed by atoms with van der Waals surface area (Å²) in [6.07, 6.45) is 3.88. The smallest absolute Gasteiger partial charge is 0.279 e. The molecule has 1 aliphatic rings. The molecule has 0 bridgehead atoms. The number of nitrogens with zero attached hydrogens (tertiary/aromatic N) is 1. The van der Waals surface area contributed by atoms with Crippen LogP contribution in [0.2, 0.25) is 0 Å². The Kier molecular flexibility index (Phi) is 6.07. The fourth-order valence-electron chi connectivity index (χ4n) is 3.30. The zero-order valence-corrected chi connectivity index (χ0v) is 14.9. The number of piperidine rings is 1. The number of carbonyl (C=O) groups excluding carboxylic acids is 1. The molecule has 25 heavy (non-hydrogen) atoms. The molecule has 132 valence electrons. The second-order valence-corrected chi connectivity index (χ2v) is 6.78. The summed E-state index contributed by atoms with van der Waals surface area (Å²) in [6.45, 7) is 4.82. The number of anilines is 2. The highest BCUT2D eigenvalue weighted by molar-refractivity contribution is 5.91. The highest BCUT2D eigenvalue weighted by Crippen LogP contribution is 2.21. The zero-order valence-electron chi connectivity index (χ0n) is 14.9. The molecule has 0 saturated carbocycles. The third-order valence-corrected chi connectivity index (χ3v) is 4.85. The van der Waals surface area contributed by atoms with E-state index in [0.29, 0.717) is 6.54 Å². The van der Waals surface area contributed by atoms with Gasteiger partial charge >= 0.3 is 0 Å². The lowest BCUT2D eigenvalue weighted by Crippen LogP contribution is -2.86. The minimum Gasteiger partial charge on any atom is -0.372 e. The van der Waals surface area contributed by atoms with E-state index in [1.807, 2.05) is 30.3 Å². The molecular weight excluding hydrogens is 310 g/mol. The Morgan fingerprint density at radius 3 is 2.40 bits per heavy atom. The van der Waals surface area contributed by atoms with E-state index in [0.717, 1.165) is 18.8 Å². The van der Waals surface area contributed by atoms with E-state index < -0.39 is 0 Å². The SMILES string of the molecule is C[C@H]([NH2+]CC(=O)Nc1ccc(N2CCCCC2)cc1)c1ccccc1. The van der Waals surface area contributed by atoms with Crippen LogP contribution in [0.25, 0.3) is 0 Å². The molecule has 4 heteroatoms. The van der Waals surface area contributed by atoms with Crippen LogP contribution in [-0.4, -0.2) is 25.5 Å². The second-order valence-electron chi connectivity index (χ2n) is 6.78. The molecule has 0 aliphatic carbocycles. The van der Waals surface area contributed by atoms with Crippen molar-refractivity contribution in [1.29, 1.82) is 0 Å². The highest BCUT2D eigenvalue weighted by Gasteiger charge is 2.13. The van der Waals surface area contributed by atoms with Crippen LogP contribution in [0.5, 0.6) is 0 Å². The molecule has 1 amide bonds. The van der Waals surface area contributed by atoms with Crippen LogP contribution in [0.3, 0.4) is 0 Å². The predicted molar refractivity (Wildman–Crippen MR) is 103 cm³/mol. The molecule has 0 unspecified atom stereocenters. The van der Waals surface area contributed by atoms with Gasteiger partial charge in [0.25, 0.3) is 5.91 Å². The van der Waals surface area contributed by atoms with Crippen molar-refractivity contribution >= 4 is 17.3 Å². The van der Waals surface area contributed by atoms with Gasteiger partial charge in [0.1, 0.15) is 6.04 Å². The summed E-state index contributed by atoms with van der Waals surface area (Å²) >= 11 is 0. The number of rotatable bonds is 6. The molecule has 1 saturated heterocycles. The Morgan fingerprint density at radius 1 is 1.04 bits per heavy atom. The Labute approximate surface area is 150 Å². The summed E-state index contributed by atoms with van der Waals surface area (Å²) in [5, 5.41) is 5.05. The molecule has 4 nitrogen and oxygen atoms in total. The first kappa shape index (κ1) is 17.5. The first-order valence-electron chi connectivity index (χ1n) is 9.25. The van der Waals surface area contributed by atoms with Crippen LogP contribution in [0, 0.1) is 0 Å². The van der Waals surface area contributed by atoms with Gasteiger partial charge in [-0.15, -0.1) is 0 Å². The number of nitrogens with one attached hydrogen (secondary N) is 1. The molecule has 0 radical (unpaired) electrons. The highest BCUT2D eigenvalue weighted by atomic mass is 16.1. The first-order chi connectivity index (χ1) is 12.2. The van der Waals surface area contributed by atoms with E-state index in [4.69, 9.17) is 0 Å². The van der Waals surface area contributed by atoms with Crippen molar-refractivity contribution in [3.63, 3.8) is 0 Å². The molecular formula is C21H28N3O+. The molecule has 1 aliphatic heterocycles. The number of nitrogens with two attached hydrogens (primary N) is 1. The minimum atomic E-state index is 0.0357. The number of carbonyl (C=O) groups is 1. The third kappa shape index (κ3) is 5.07. The molecule has 3 rings (SSSR count). The number of amides is 1. The van der Waals surface area contributed by atoms with Gasteiger partial charge in [0.05, 0.1) is 0 Å². The number of benzene rings is 2. The van der Waals surface area contributed by atoms with Gasteiger partial charge in [-0.3, -0.25) is 4.79 Å². The van der Waals surface area contributed by atoms with E-state index in [9.17, 15) is 4.79 Å². The second kappa shape index (κ2) is 8.67. The molecule has 3 N–H and O–H groups in total. The minimum absolute atomic E-state index is 0.0357. The van der Waals surface area contributed by atoms with Crippen molar-refractivity contribution in [2.24, 2.45) is 0 Å². The van der Waals surface area contributed by atoms with Crippen molar-refractivity contribution in [2.75, 3.05) is 29.9 Å². The molecule has 2 aromatic carbocycles. The standard InChI is InChI=1S/C21H27N3O/c1-17(18-8-4-2-5-9-18)22-16-21(25)23-19-10-12-20(13-11-19)24-14-6-3-7-15-24/h2,4-5,8-13,17,22H,3,6-7,14-16H2,1H3,(H,23,25)/p+1/t17-/m0/s1. The Balaban J connectivity index is 1.47. The molecule has 0 spiro atoms. The summed E-state index contributed by atoms with van der Waals surface area (Å²) in [5.74, 6) is 0.0357. The maximum Gasteiger partial charge on any atom is 0.279 e. The van der Waals surface area contributed by atoms with Gasteiger partial charge in [0.2, 0.25) is 0 Å². The maximum atomic E-state index is 12.2. The van der Waals surface area contributed by atoms with Crippen molar-refractivity contribution in [1.82, 2.24) is 0 Å². The zero-order chi connectivity index (χ0) is 17.5. The van der Waals surface area contributed by atoms with E-state index in [1.165, 1.54) is 30.5 Å². The van der Waals surface area contributed by atoms with Crippen LogP contribution in [-0.2, 0) is 4.79 Å². The third-order valence-electron chi connectivity index (χ3n) is 4.85. The molecule has 1 fully saturated rings. The van der Waals surface area contributed by atoms with Gasteiger partial charge < -0.3 is 15.5 Å². The van der Waals surface area contributed by atoms with Gasteiger partial charge in [-0.2, -0.15) is 0 Å². The van der Waals surface area contributed by atoms with Crippen LogP contribution in [0.15, 0.2) is 54.6 Å². The largest absolute Gasteiger partial charge is 0.372 e. The lowest BCUT2D eigenvalue weighted by atomic mass is 10.1. The fraction of sp³-hybridized carbons (Fsp3) is 0.381. The van der Waals surface area contributed by atoms with E-state index in [1.54, 1.807) is 0 Å². The quantitative estimate of drug-likeness (QED) is 0.851. The number of hydrogen-bond acceptors (Lipinski definition) is 2. The van der Waals surface area contributed by atoms with Crippen LogP contribution < -0.4 is 15.5 Å². The summed E-state index contributed by atoms with van der Waals surface area (Å²) in [6, 6.07) is 18.8. The summed E-state index contributed by atoms with van der Waals surface area (Å²) in [4.78, 5) is 14.6. The molecule has 1 atom stereocenters. The average Bonchev–Trinajstić information content (AvgIpc) is 2.68. The predicted octanol–water partition coefficient (Wildman–Crippen LogP) is 2.94. The Morgan fingerprint density at radius 2 is 1.72 bits per heavy atom. The molecule has 2 aromatic rings. The first-order valence-corrected chi connectivity index (χ1v) is 9.25. The van der Waals surface area contributed by atoms with Crippen molar-refractivity contribution in [3.05, 3.63) is 60.2 Å². The van der Waals surface area contributed by atoms with E-state index in [-0.39, 0.29) is 11.9 Å². The van der Waals surface area contributed by atoms with Gasteiger partial charge in [-0.05, 0) is 50.5 Å². The van der Waals surface area contributed by atoms with E-state index >= 15 is 0 Å². The lowest BCUT2D eigenvalue weighted by molar-refractivity contribution is -0.682. The molecule has 1 heterocycles. The van der Waals surface area contributed by atoms with Crippen LogP contribution in [0.1, 0.15) is 37.8 Å². The fourth-order valence-corrected chi connectivity index (χ4v) is 3.30. The number of hydrogen-bond donors (Lipinski definition) is 2. The van der Waals surface area contributed by atoms with Crippen molar-refractivity contribution in [3.8, 4) is 0 Å². The molecule has 0 aromatic heterocycles. The van der Waals surface area contributed by atoms with Crippen LogP contribution in [0.4, 0.5) is 11.4 Å². The normalized spacial score (nSPS) is 15.6. The van der Waals surface area contributed by atoms with E-state index in [2.05, 4.69) is 46.7 Å². The summed E-state index contributed by atoms with van der Waals surface area (Å²) in [7, 11) is 0. The van der Waals surface area contributed by atoms with Gasteiger partial charge in [0.15, 0.2) is 6.54 Å². The number of quaternary nitrogens is 1. The topological polar surface area (TPSA) is 49.0 Å². The average molecular weight is 338 g/mol. The van der Waals surface area contributed by atoms with Gasteiger partial charge in [-0.1, -0.05) is 30.3 Å². The maximum absolute atomic E-state index is 12.2. The Bertz CT molecular complexity index is 663. The summed E-state index contributed by atoms with van der Waals surface area (Å²) in [5.41, 5.74) is 3.36. The van der Waals surface area contributed by atoms with Crippen molar-refractivity contribution in [2.45, 2.75) is 32.2 Å². The van der Waals surface area contributed by atoms with Crippen LogP contribution >= 0.6 is 0 Å². The Hall–Kier alpha value is -2.33. The van der Waals surface area contributed by atoms with Gasteiger partial charge in [-0.25, -0.2) is 0 Å². The lowest BCUT2D eigenvalue weighted by Gasteiger charge is -2.28. The van der Waals surface area contributed by atoms with Crippen molar-refractivity contribution < 1.29 is 10.1 Å². The summed E-state index contributed by atoms with van der Waals surface area (Å²) < 4.78 is 0. The van der Waals surface area contributed by atoms with Gasteiger partial charge in [0, 0.05) is 30.0 Å². The monoisotopic (exact) mass is 338 g/mol.